The Labute approximate surface area is 110 Å². The van der Waals surface area contributed by atoms with E-state index in [1.54, 1.807) is 6.33 Å². The van der Waals surface area contributed by atoms with Crippen LogP contribution < -0.4 is 5.32 Å². The third-order valence-corrected chi connectivity index (χ3v) is 3.76. The van der Waals surface area contributed by atoms with E-state index >= 15 is 0 Å². The van der Waals surface area contributed by atoms with Crippen molar-refractivity contribution in [1.29, 1.82) is 0 Å². The molecule has 7 nitrogen and oxygen atoms in total. The summed E-state index contributed by atoms with van der Waals surface area (Å²) in [6.45, 7) is 1.52. The molecule has 0 saturated heterocycles. The van der Waals surface area contributed by atoms with Crippen LogP contribution in [-0.2, 0) is 19.5 Å². The van der Waals surface area contributed by atoms with E-state index in [1.807, 2.05) is 4.68 Å². The fraction of sp³-hybridized carbons (Fsp3) is 0.667. The van der Waals surface area contributed by atoms with Gasteiger partial charge in [-0.15, -0.1) is 0 Å². The summed E-state index contributed by atoms with van der Waals surface area (Å²) < 4.78 is 7.21. The van der Waals surface area contributed by atoms with E-state index in [4.69, 9.17) is 4.52 Å². The topological polar surface area (TPSA) is 81.7 Å². The summed E-state index contributed by atoms with van der Waals surface area (Å²) in [5, 5.41) is 11.7. The van der Waals surface area contributed by atoms with Gasteiger partial charge in [0.2, 0.25) is 5.89 Å². The molecular formula is C12H16N6O. The fourth-order valence-electron chi connectivity index (χ4n) is 2.48. The number of nitrogens with one attached hydrogen (secondary N) is 1. The maximum atomic E-state index is 5.24. The van der Waals surface area contributed by atoms with Gasteiger partial charge >= 0.3 is 0 Å². The van der Waals surface area contributed by atoms with Crippen LogP contribution in [0.5, 0.6) is 0 Å². The number of aromatic nitrogens is 5. The van der Waals surface area contributed by atoms with E-state index in [1.165, 1.54) is 12.8 Å². The van der Waals surface area contributed by atoms with Gasteiger partial charge < -0.3 is 9.84 Å². The van der Waals surface area contributed by atoms with E-state index in [0.29, 0.717) is 18.5 Å². The molecule has 3 heterocycles. The van der Waals surface area contributed by atoms with Gasteiger partial charge in [0.1, 0.15) is 12.2 Å². The van der Waals surface area contributed by atoms with Gasteiger partial charge in [0.05, 0.1) is 13.1 Å². The standard InChI is InChI=1S/C12H16N6O/c1-2-8(1)12-16-10(17-19-12)5-13-9-3-4-11-14-7-15-18(11)6-9/h7-9,13H,1-6H2/t9-/m0/s1. The summed E-state index contributed by atoms with van der Waals surface area (Å²) >= 11 is 0. The largest absolute Gasteiger partial charge is 0.339 e. The van der Waals surface area contributed by atoms with Gasteiger partial charge in [-0.25, -0.2) is 9.67 Å². The van der Waals surface area contributed by atoms with E-state index in [2.05, 4.69) is 25.5 Å². The van der Waals surface area contributed by atoms with Crippen molar-refractivity contribution >= 4 is 0 Å². The fourth-order valence-corrected chi connectivity index (χ4v) is 2.48. The van der Waals surface area contributed by atoms with Crippen LogP contribution in [0.2, 0.25) is 0 Å². The average Bonchev–Trinajstić information content (AvgIpc) is 3.01. The van der Waals surface area contributed by atoms with Gasteiger partial charge in [0, 0.05) is 18.4 Å². The molecule has 2 aromatic rings. The van der Waals surface area contributed by atoms with Crippen molar-refractivity contribution in [3.05, 3.63) is 23.9 Å². The zero-order valence-corrected chi connectivity index (χ0v) is 10.6. The minimum Gasteiger partial charge on any atom is -0.339 e. The Balaban J connectivity index is 1.34. The Kier molecular flexibility index (Phi) is 2.58. The predicted molar refractivity (Wildman–Crippen MR) is 65.2 cm³/mol. The van der Waals surface area contributed by atoms with Crippen molar-refractivity contribution in [2.75, 3.05) is 0 Å². The third kappa shape index (κ3) is 2.25. The SMILES string of the molecule is c1nc2n(n1)C[C@@H](NCc1noc(C3CC3)n1)CC2. The maximum absolute atomic E-state index is 5.24. The number of aryl methyl sites for hydroxylation is 1. The van der Waals surface area contributed by atoms with Gasteiger partial charge in [-0.1, -0.05) is 5.16 Å². The second-order valence-corrected chi connectivity index (χ2v) is 5.30. The van der Waals surface area contributed by atoms with Gasteiger partial charge in [-0.3, -0.25) is 0 Å². The van der Waals surface area contributed by atoms with Crippen LogP contribution in [0.15, 0.2) is 10.9 Å². The van der Waals surface area contributed by atoms with Gasteiger partial charge in [0.15, 0.2) is 5.82 Å². The monoisotopic (exact) mass is 260 g/mol. The quantitative estimate of drug-likeness (QED) is 0.869. The molecule has 0 amide bonds. The highest BCUT2D eigenvalue weighted by molar-refractivity contribution is 5.01. The molecule has 1 N–H and O–H groups in total. The van der Waals surface area contributed by atoms with Crippen molar-refractivity contribution in [3.63, 3.8) is 0 Å². The summed E-state index contributed by atoms with van der Waals surface area (Å²) in [7, 11) is 0. The molecule has 1 saturated carbocycles. The highest BCUT2D eigenvalue weighted by Crippen LogP contribution is 2.38. The molecule has 19 heavy (non-hydrogen) atoms. The first kappa shape index (κ1) is 11.1. The molecule has 0 spiro atoms. The van der Waals surface area contributed by atoms with Crippen LogP contribution in [0.1, 0.15) is 42.7 Å². The van der Waals surface area contributed by atoms with Crippen LogP contribution in [0, 0.1) is 0 Å². The minimum absolute atomic E-state index is 0.400. The Bertz CT molecular complexity index is 572. The second-order valence-electron chi connectivity index (χ2n) is 5.30. The normalized spacial score (nSPS) is 22.4. The lowest BCUT2D eigenvalue weighted by Gasteiger charge is -2.22. The first-order valence-corrected chi connectivity index (χ1v) is 6.81. The summed E-state index contributed by atoms with van der Waals surface area (Å²) in [5.41, 5.74) is 0. The first-order chi connectivity index (χ1) is 9.38. The van der Waals surface area contributed by atoms with Gasteiger partial charge in [0.25, 0.3) is 0 Å². The van der Waals surface area contributed by atoms with Crippen LogP contribution in [0.3, 0.4) is 0 Å². The smallest absolute Gasteiger partial charge is 0.229 e. The first-order valence-electron chi connectivity index (χ1n) is 6.81. The van der Waals surface area contributed by atoms with Crippen LogP contribution in [0.25, 0.3) is 0 Å². The molecule has 0 aromatic carbocycles. The highest BCUT2D eigenvalue weighted by atomic mass is 16.5. The Morgan fingerprint density at radius 3 is 3.21 bits per heavy atom. The molecule has 7 heteroatoms. The number of hydrogen-bond donors (Lipinski definition) is 1. The lowest BCUT2D eigenvalue weighted by atomic mass is 10.1. The zero-order valence-electron chi connectivity index (χ0n) is 10.6. The van der Waals surface area contributed by atoms with E-state index in [9.17, 15) is 0 Å². The van der Waals surface area contributed by atoms with Crippen molar-refractivity contribution in [1.82, 2.24) is 30.2 Å². The Hall–Kier alpha value is -1.76. The van der Waals surface area contributed by atoms with E-state index < -0.39 is 0 Å². The van der Waals surface area contributed by atoms with Crippen molar-refractivity contribution in [3.8, 4) is 0 Å². The lowest BCUT2D eigenvalue weighted by molar-refractivity contribution is 0.345. The van der Waals surface area contributed by atoms with Crippen molar-refractivity contribution < 1.29 is 4.52 Å². The molecule has 0 bridgehead atoms. The number of rotatable bonds is 4. The predicted octanol–water partition coefficient (Wildman–Crippen LogP) is 0.643. The molecule has 4 rings (SSSR count). The molecule has 1 fully saturated rings. The molecule has 0 unspecified atom stereocenters. The maximum Gasteiger partial charge on any atom is 0.229 e. The van der Waals surface area contributed by atoms with Crippen LogP contribution in [0.4, 0.5) is 0 Å². The molecule has 0 radical (unpaired) electrons. The zero-order chi connectivity index (χ0) is 12.7. The van der Waals surface area contributed by atoms with Crippen molar-refractivity contribution in [2.24, 2.45) is 0 Å². The summed E-state index contributed by atoms with van der Waals surface area (Å²) in [5.74, 6) is 3.16. The molecule has 1 atom stereocenters. The van der Waals surface area contributed by atoms with Crippen molar-refractivity contribution in [2.45, 2.75) is 50.7 Å². The highest BCUT2D eigenvalue weighted by Gasteiger charge is 2.29. The van der Waals surface area contributed by atoms with E-state index in [-0.39, 0.29) is 0 Å². The number of fused-ring (bicyclic) bond motifs is 1. The van der Waals surface area contributed by atoms with Crippen LogP contribution >= 0.6 is 0 Å². The minimum atomic E-state index is 0.400. The third-order valence-electron chi connectivity index (χ3n) is 3.76. The molecule has 2 aromatic heterocycles. The molecule has 1 aliphatic carbocycles. The molecule has 1 aliphatic heterocycles. The molecular weight excluding hydrogens is 244 g/mol. The Morgan fingerprint density at radius 2 is 2.32 bits per heavy atom. The molecule has 2 aliphatic rings. The van der Waals surface area contributed by atoms with Gasteiger partial charge in [-0.2, -0.15) is 10.1 Å². The summed E-state index contributed by atoms with van der Waals surface area (Å²) in [4.78, 5) is 8.64. The van der Waals surface area contributed by atoms with Crippen LogP contribution in [-0.4, -0.2) is 30.9 Å². The summed E-state index contributed by atoms with van der Waals surface area (Å²) in [6, 6.07) is 0.400. The number of nitrogens with zero attached hydrogens (tertiary/aromatic N) is 5. The lowest BCUT2D eigenvalue weighted by Crippen LogP contribution is -2.37. The van der Waals surface area contributed by atoms with E-state index in [0.717, 1.165) is 36.9 Å². The average molecular weight is 260 g/mol. The summed E-state index contributed by atoms with van der Waals surface area (Å²) in [6.07, 6.45) is 6.04. The van der Waals surface area contributed by atoms with Gasteiger partial charge in [-0.05, 0) is 19.3 Å². The second kappa shape index (κ2) is 4.41. The Morgan fingerprint density at radius 1 is 1.37 bits per heavy atom. The number of hydrogen-bond acceptors (Lipinski definition) is 6. The molecule has 100 valence electrons.